The minimum absolute atomic E-state index is 0.149. The van der Waals surface area contributed by atoms with Crippen LogP contribution in [-0.2, 0) is 16.1 Å². The second-order valence-electron chi connectivity index (χ2n) is 6.53. The van der Waals surface area contributed by atoms with Gasteiger partial charge >= 0.3 is 5.97 Å². The average Bonchev–Trinajstić information content (AvgIpc) is 3.07. The number of benzene rings is 2. The fraction of sp³-hybridized carbons (Fsp3) is 0.143. The summed E-state index contributed by atoms with van der Waals surface area (Å²) in [6.45, 7) is 1.76. The van der Waals surface area contributed by atoms with Crippen molar-refractivity contribution in [2.75, 3.05) is 7.11 Å². The van der Waals surface area contributed by atoms with E-state index in [4.69, 9.17) is 27.9 Å². The second-order valence-corrected chi connectivity index (χ2v) is 8.33. The molecule has 0 atom stereocenters. The lowest BCUT2D eigenvalue weighted by Gasteiger charge is -2.06. The first-order valence-electron chi connectivity index (χ1n) is 8.88. The molecule has 0 saturated carbocycles. The molecule has 0 radical (unpaired) electrons. The first-order valence-corrected chi connectivity index (χ1v) is 10.5. The summed E-state index contributed by atoms with van der Waals surface area (Å²) in [5.41, 5.74) is 2.65. The van der Waals surface area contributed by atoms with Gasteiger partial charge in [-0.15, -0.1) is 0 Å². The predicted octanol–water partition coefficient (Wildman–Crippen LogP) is 4.78. The number of hydrogen-bond donors (Lipinski definition) is 0. The molecule has 0 spiro atoms. The van der Waals surface area contributed by atoms with E-state index in [2.05, 4.69) is 9.98 Å². The average molecular weight is 460 g/mol. The van der Waals surface area contributed by atoms with Gasteiger partial charge in [-0.05, 0) is 43.3 Å². The topological polar surface area (TPSA) is 73.6 Å². The molecule has 0 aliphatic carbocycles. The van der Waals surface area contributed by atoms with E-state index in [0.717, 1.165) is 21.3 Å². The molecule has 0 bridgehead atoms. The standard InChI is InChI=1S/C21H15Cl2N3O3S/c1-11-3-4-12-9-13(5-7-15(12)24-11)20(28)25-21-26(10-17(27)29-2)19-16(30-21)8-6-14(22)18(19)23/h3-9H,10H2,1-2H3. The van der Waals surface area contributed by atoms with E-state index in [-0.39, 0.29) is 11.6 Å². The number of fused-ring (bicyclic) bond motifs is 2. The van der Waals surface area contributed by atoms with Crippen molar-refractivity contribution >= 4 is 67.5 Å². The second kappa shape index (κ2) is 8.18. The highest BCUT2D eigenvalue weighted by Gasteiger charge is 2.16. The molecule has 4 aromatic rings. The highest BCUT2D eigenvalue weighted by atomic mass is 35.5. The Balaban J connectivity index is 1.86. The first kappa shape index (κ1) is 20.5. The number of halogens is 2. The molecule has 0 saturated heterocycles. The molecule has 6 nitrogen and oxygen atoms in total. The monoisotopic (exact) mass is 459 g/mol. The zero-order chi connectivity index (χ0) is 21.4. The highest BCUT2D eigenvalue weighted by Crippen LogP contribution is 2.32. The van der Waals surface area contributed by atoms with Gasteiger partial charge in [0.2, 0.25) is 0 Å². The third kappa shape index (κ3) is 3.84. The van der Waals surface area contributed by atoms with Gasteiger partial charge in [0.25, 0.3) is 5.91 Å². The largest absolute Gasteiger partial charge is 0.468 e. The number of methoxy groups -OCH3 is 1. The van der Waals surface area contributed by atoms with E-state index in [1.54, 1.807) is 34.9 Å². The normalized spacial score (nSPS) is 11.9. The molecule has 0 aliphatic rings. The summed E-state index contributed by atoms with van der Waals surface area (Å²) in [5.74, 6) is -0.934. The van der Waals surface area contributed by atoms with Crippen LogP contribution in [0.1, 0.15) is 16.1 Å². The van der Waals surface area contributed by atoms with Gasteiger partial charge in [0.05, 0.1) is 32.9 Å². The number of esters is 1. The van der Waals surface area contributed by atoms with Crippen LogP contribution in [0.5, 0.6) is 0 Å². The van der Waals surface area contributed by atoms with Gasteiger partial charge in [0, 0.05) is 16.6 Å². The lowest BCUT2D eigenvalue weighted by Crippen LogP contribution is -2.22. The molecule has 9 heteroatoms. The van der Waals surface area contributed by atoms with Gasteiger partial charge in [-0.3, -0.25) is 14.6 Å². The van der Waals surface area contributed by atoms with Crippen molar-refractivity contribution < 1.29 is 14.3 Å². The fourth-order valence-electron chi connectivity index (χ4n) is 3.04. The molecule has 1 amide bonds. The van der Waals surface area contributed by atoms with Crippen LogP contribution >= 0.6 is 34.5 Å². The van der Waals surface area contributed by atoms with Crippen LogP contribution in [0.3, 0.4) is 0 Å². The number of amides is 1. The van der Waals surface area contributed by atoms with Crippen LogP contribution < -0.4 is 4.80 Å². The number of nitrogens with zero attached hydrogens (tertiary/aromatic N) is 3. The van der Waals surface area contributed by atoms with Crippen LogP contribution in [0.2, 0.25) is 10.0 Å². The SMILES string of the molecule is COC(=O)Cn1c(=NC(=O)c2ccc3nc(C)ccc3c2)sc2ccc(Cl)c(Cl)c21. The van der Waals surface area contributed by atoms with Crippen molar-refractivity contribution in [2.24, 2.45) is 4.99 Å². The molecule has 0 aliphatic heterocycles. The minimum Gasteiger partial charge on any atom is -0.468 e. The number of thiazole rings is 1. The molecule has 2 aromatic carbocycles. The summed E-state index contributed by atoms with van der Waals surface area (Å²) in [7, 11) is 1.29. The van der Waals surface area contributed by atoms with Crippen molar-refractivity contribution in [3.63, 3.8) is 0 Å². The highest BCUT2D eigenvalue weighted by molar-refractivity contribution is 7.16. The zero-order valence-corrected chi connectivity index (χ0v) is 18.3. The summed E-state index contributed by atoms with van der Waals surface area (Å²) in [5, 5.41) is 1.47. The zero-order valence-electron chi connectivity index (χ0n) is 16.0. The van der Waals surface area contributed by atoms with Gasteiger partial charge in [0.15, 0.2) is 4.80 Å². The molecule has 0 unspecified atom stereocenters. The van der Waals surface area contributed by atoms with Gasteiger partial charge in [-0.1, -0.05) is 40.6 Å². The molecule has 0 fully saturated rings. The maximum absolute atomic E-state index is 12.9. The maximum Gasteiger partial charge on any atom is 0.325 e. The van der Waals surface area contributed by atoms with Crippen LogP contribution in [0, 0.1) is 6.92 Å². The Morgan fingerprint density at radius 1 is 1.17 bits per heavy atom. The fourth-order valence-corrected chi connectivity index (χ4v) is 4.55. The van der Waals surface area contributed by atoms with E-state index < -0.39 is 11.9 Å². The number of aryl methyl sites for hydroxylation is 1. The molecular formula is C21H15Cl2N3O3S. The third-order valence-electron chi connectivity index (χ3n) is 4.52. The molecule has 30 heavy (non-hydrogen) atoms. The van der Waals surface area contributed by atoms with Crippen molar-refractivity contribution in [1.82, 2.24) is 9.55 Å². The summed E-state index contributed by atoms with van der Waals surface area (Å²) >= 11 is 13.8. The van der Waals surface area contributed by atoms with Crippen molar-refractivity contribution in [1.29, 1.82) is 0 Å². The molecule has 152 valence electrons. The van der Waals surface area contributed by atoms with Crippen LogP contribution in [0.4, 0.5) is 0 Å². The molecule has 2 aromatic heterocycles. The number of hydrogen-bond acceptors (Lipinski definition) is 5. The number of carbonyl (C=O) groups excluding carboxylic acids is 2. The maximum atomic E-state index is 12.9. The van der Waals surface area contributed by atoms with Crippen LogP contribution in [0.25, 0.3) is 21.1 Å². The summed E-state index contributed by atoms with van der Waals surface area (Å²) in [4.78, 5) is 33.9. The lowest BCUT2D eigenvalue weighted by molar-refractivity contribution is -0.141. The Morgan fingerprint density at radius 3 is 2.73 bits per heavy atom. The van der Waals surface area contributed by atoms with Crippen molar-refractivity contribution in [3.8, 4) is 0 Å². The summed E-state index contributed by atoms with van der Waals surface area (Å²) in [6.07, 6.45) is 0. The number of pyridine rings is 1. The quantitative estimate of drug-likeness (QED) is 0.413. The number of ether oxygens (including phenoxy) is 1. The molecule has 4 rings (SSSR count). The molecular weight excluding hydrogens is 445 g/mol. The predicted molar refractivity (Wildman–Crippen MR) is 118 cm³/mol. The smallest absolute Gasteiger partial charge is 0.325 e. The van der Waals surface area contributed by atoms with Gasteiger partial charge in [-0.25, -0.2) is 0 Å². The van der Waals surface area contributed by atoms with E-state index in [0.29, 0.717) is 20.9 Å². The van der Waals surface area contributed by atoms with Crippen molar-refractivity contribution in [3.05, 3.63) is 68.6 Å². The van der Waals surface area contributed by atoms with E-state index in [1.165, 1.54) is 18.4 Å². The van der Waals surface area contributed by atoms with E-state index >= 15 is 0 Å². The van der Waals surface area contributed by atoms with Gasteiger partial charge in [0.1, 0.15) is 6.54 Å². The summed E-state index contributed by atoms with van der Waals surface area (Å²) < 4.78 is 7.07. The van der Waals surface area contributed by atoms with E-state index in [1.807, 2.05) is 19.1 Å². The van der Waals surface area contributed by atoms with Crippen LogP contribution in [0.15, 0.2) is 47.5 Å². The molecule has 2 heterocycles. The van der Waals surface area contributed by atoms with Gasteiger partial charge in [-0.2, -0.15) is 4.99 Å². The lowest BCUT2D eigenvalue weighted by atomic mass is 10.1. The van der Waals surface area contributed by atoms with Crippen molar-refractivity contribution in [2.45, 2.75) is 13.5 Å². The molecule has 0 N–H and O–H groups in total. The number of aromatic nitrogens is 2. The Morgan fingerprint density at radius 2 is 1.97 bits per heavy atom. The van der Waals surface area contributed by atoms with Crippen LogP contribution in [-0.4, -0.2) is 28.5 Å². The first-order chi connectivity index (χ1) is 14.4. The Hall–Kier alpha value is -2.74. The Labute approximate surface area is 185 Å². The number of carbonyl (C=O) groups is 2. The Bertz CT molecular complexity index is 1390. The summed E-state index contributed by atoms with van der Waals surface area (Å²) in [6, 6.07) is 12.4. The van der Waals surface area contributed by atoms with E-state index in [9.17, 15) is 9.59 Å². The third-order valence-corrected chi connectivity index (χ3v) is 6.36. The minimum atomic E-state index is -0.494. The number of rotatable bonds is 3. The Kier molecular flexibility index (Phi) is 5.60. The van der Waals surface area contributed by atoms with Gasteiger partial charge < -0.3 is 9.30 Å².